The van der Waals surface area contributed by atoms with Gasteiger partial charge in [-0.2, -0.15) is 5.10 Å². The first-order valence-corrected chi connectivity index (χ1v) is 12.0. The van der Waals surface area contributed by atoms with Gasteiger partial charge in [0.25, 0.3) is 5.91 Å². The Morgan fingerprint density at radius 2 is 1.57 bits per heavy atom. The third kappa shape index (κ3) is 4.59. The fourth-order valence-corrected chi connectivity index (χ4v) is 4.83. The topological polar surface area (TPSA) is 85.7 Å². The quantitative estimate of drug-likeness (QED) is 0.616. The van der Waals surface area contributed by atoms with Crippen molar-refractivity contribution in [2.75, 3.05) is 31.6 Å². The van der Waals surface area contributed by atoms with Gasteiger partial charge < -0.3 is 19.7 Å². The van der Waals surface area contributed by atoms with Gasteiger partial charge in [-0.1, -0.05) is 29.8 Å². The number of hydrogen-bond donors (Lipinski definition) is 1. The molecule has 2 aliphatic rings. The van der Waals surface area contributed by atoms with Crippen LogP contribution in [0.2, 0.25) is 0 Å². The van der Waals surface area contributed by atoms with E-state index in [1.165, 1.54) is 6.92 Å². The number of aryl methyl sites for hydroxylation is 2. The second-order valence-corrected chi connectivity index (χ2v) is 9.21. The molecule has 2 amide bonds. The molecule has 3 aromatic rings. The van der Waals surface area contributed by atoms with Gasteiger partial charge in [0.05, 0.1) is 24.6 Å². The number of rotatable bonds is 4. The predicted molar refractivity (Wildman–Crippen MR) is 133 cm³/mol. The first-order valence-electron chi connectivity index (χ1n) is 12.0. The molecule has 0 radical (unpaired) electrons. The van der Waals surface area contributed by atoms with E-state index in [-0.39, 0.29) is 11.8 Å². The zero-order chi connectivity index (χ0) is 24.6. The zero-order valence-electron chi connectivity index (χ0n) is 20.3. The molecule has 8 nitrogen and oxygen atoms in total. The Balaban J connectivity index is 1.40. The largest absolute Gasteiger partial charge is 0.347 e. The van der Waals surface area contributed by atoms with Crippen molar-refractivity contribution in [3.63, 3.8) is 0 Å². The molecule has 1 N–H and O–H groups in total. The molecule has 0 atom stereocenters. The molecular weight excluding hydrogens is 444 g/mol. The van der Waals surface area contributed by atoms with Crippen LogP contribution in [-0.2, 0) is 14.3 Å². The molecule has 0 aliphatic carbocycles. The number of nitrogens with zero attached hydrogens (tertiary/aromatic N) is 3. The summed E-state index contributed by atoms with van der Waals surface area (Å²) in [5.74, 6) is -0.0860. The van der Waals surface area contributed by atoms with Crippen LogP contribution in [0, 0.1) is 13.8 Å². The Bertz CT molecular complexity index is 1230. The van der Waals surface area contributed by atoms with Gasteiger partial charge in [0.2, 0.25) is 5.91 Å². The first kappa shape index (κ1) is 23.3. The van der Waals surface area contributed by atoms with Crippen molar-refractivity contribution < 1.29 is 19.1 Å². The summed E-state index contributed by atoms with van der Waals surface area (Å²) >= 11 is 0. The maximum atomic E-state index is 13.1. The van der Waals surface area contributed by atoms with E-state index < -0.39 is 5.79 Å². The molecule has 2 fully saturated rings. The molecule has 1 aromatic heterocycles. The molecule has 182 valence electrons. The summed E-state index contributed by atoms with van der Waals surface area (Å²) in [6, 6.07) is 15.5. The second-order valence-electron chi connectivity index (χ2n) is 9.21. The van der Waals surface area contributed by atoms with Crippen molar-refractivity contribution in [1.82, 2.24) is 14.7 Å². The van der Waals surface area contributed by atoms with E-state index in [4.69, 9.17) is 14.6 Å². The van der Waals surface area contributed by atoms with Crippen LogP contribution in [0.25, 0.3) is 16.8 Å². The molecule has 0 bridgehead atoms. The number of anilines is 1. The van der Waals surface area contributed by atoms with E-state index in [0.29, 0.717) is 50.5 Å². The third-order valence-corrected chi connectivity index (χ3v) is 6.68. The smallest absolute Gasteiger partial charge is 0.253 e. The number of carbonyl (C=O) groups is 2. The molecule has 1 spiro atoms. The lowest BCUT2D eigenvalue weighted by Crippen LogP contribution is -2.47. The highest BCUT2D eigenvalue weighted by molar-refractivity contribution is 5.95. The number of piperidine rings is 1. The zero-order valence-corrected chi connectivity index (χ0v) is 20.3. The van der Waals surface area contributed by atoms with Crippen molar-refractivity contribution >= 4 is 17.6 Å². The summed E-state index contributed by atoms with van der Waals surface area (Å²) in [6.45, 7) is 7.89. The van der Waals surface area contributed by atoms with Gasteiger partial charge in [0.1, 0.15) is 5.82 Å². The van der Waals surface area contributed by atoms with E-state index in [1.807, 2.05) is 67.3 Å². The summed E-state index contributed by atoms with van der Waals surface area (Å²) < 4.78 is 13.3. The Kier molecular flexibility index (Phi) is 6.17. The fraction of sp³-hybridized carbons (Fsp3) is 0.370. The van der Waals surface area contributed by atoms with Crippen LogP contribution < -0.4 is 5.32 Å². The van der Waals surface area contributed by atoms with Gasteiger partial charge in [-0.15, -0.1) is 0 Å². The number of hydrogen-bond acceptors (Lipinski definition) is 5. The van der Waals surface area contributed by atoms with Gasteiger partial charge in [-0.25, -0.2) is 4.68 Å². The number of ether oxygens (including phenoxy) is 2. The first-order chi connectivity index (χ1) is 16.8. The number of aromatic nitrogens is 2. The molecule has 3 heterocycles. The van der Waals surface area contributed by atoms with Crippen LogP contribution in [-0.4, -0.2) is 58.6 Å². The molecular formula is C27H30N4O4. The van der Waals surface area contributed by atoms with Gasteiger partial charge in [-0.3, -0.25) is 9.59 Å². The predicted octanol–water partition coefficient (Wildman–Crippen LogP) is 4.09. The molecule has 35 heavy (non-hydrogen) atoms. The molecule has 2 aliphatic heterocycles. The standard InChI is InChI=1S/C27H30N4O4/c1-18-4-6-21(7-5-18)24-19(2)29-31(25(24)28-20(3)32)23-10-8-22(9-11-23)26(33)30-14-12-27(13-15-30)34-16-17-35-27/h4-11H,12-17H2,1-3H3,(H,28,32). The van der Waals surface area contributed by atoms with Crippen LogP contribution in [0.15, 0.2) is 48.5 Å². The minimum Gasteiger partial charge on any atom is -0.347 e. The average molecular weight is 475 g/mol. The highest BCUT2D eigenvalue weighted by Gasteiger charge is 2.40. The number of amides is 2. The lowest BCUT2D eigenvalue weighted by atomic mass is 10.0. The van der Waals surface area contributed by atoms with E-state index >= 15 is 0 Å². The Labute approximate surface area is 204 Å². The molecule has 2 saturated heterocycles. The summed E-state index contributed by atoms with van der Waals surface area (Å²) in [4.78, 5) is 27.0. The minimum atomic E-state index is -0.506. The maximum Gasteiger partial charge on any atom is 0.253 e. The van der Waals surface area contributed by atoms with Crippen LogP contribution in [0.5, 0.6) is 0 Å². The number of nitrogens with one attached hydrogen (secondary N) is 1. The van der Waals surface area contributed by atoms with Crippen LogP contribution in [0.4, 0.5) is 5.82 Å². The molecule has 0 unspecified atom stereocenters. The molecule has 8 heteroatoms. The molecule has 5 rings (SSSR count). The monoisotopic (exact) mass is 474 g/mol. The van der Waals surface area contributed by atoms with E-state index in [2.05, 4.69) is 5.32 Å². The minimum absolute atomic E-state index is 0.0107. The Morgan fingerprint density at radius 1 is 0.943 bits per heavy atom. The number of benzene rings is 2. The average Bonchev–Trinajstić information content (AvgIpc) is 3.44. The normalized spacial score (nSPS) is 17.1. The van der Waals surface area contributed by atoms with E-state index in [9.17, 15) is 9.59 Å². The van der Waals surface area contributed by atoms with Crippen LogP contribution >= 0.6 is 0 Å². The van der Waals surface area contributed by atoms with Gasteiger partial charge in [0, 0.05) is 44.0 Å². The van der Waals surface area contributed by atoms with Crippen LogP contribution in [0.3, 0.4) is 0 Å². The summed E-state index contributed by atoms with van der Waals surface area (Å²) in [7, 11) is 0. The Hall–Kier alpha value is -3.49. The van der Waals surface area contributed by atoms with Crippen LogP contribution in [0.1, 0.15) is 41.4 Å². The van der Waals surface area contributed by atoms with E-state index in [1.54, 1.807) is 4.68 Å². The highest BCUT2D eigenvalue weighted by atomic mass is 16.7. The fourth-order valence-electron chi connectivity index (χ4n) is 4.83. The molecule has 0 saturated carbocycles. The summed E-state index contributed by atoms with van der Waals surface area (Å²) in [6.07, 6.45) is 1.37. The summed E-state index contributed by atoms with van der Waals surface area (Å²) in [5, 5.41) is 7.67. The van der Waals surface area contributed by atoms with Crippen molar-refractivity contribution in [3.8, 4) is 16.8 Å². The number of carbonyl (C=O) groups excluding carboxylic acids is 2. The highest BCUT2D eigenvalue weighted by Crippen LogP contribution is 2.34. The molecule has 2 aromatic carbocycles. The van der Waals surface area contributed by atoms with Crippen molar-refractivity contribution in [2.24, 2.45) is 0 Å². The van der Waals surface area contributed by atoms with E-state index in [0.717, 1.165) is 28.1 Å². The van der Waals surface area contributed by atoms with Crippen molar-refractivity contribution in [1.29, 1.82) is 0 Å². The lowest BCUT2D eigenvalue weighted by Gasteiger charge is -2.37. The summed E-state index contributed by atoms with van der Waals surface area (Å²) in [5.41, 5.74) is 5.19. The SMILES string of the molecule is CC(=O)Nc1c(-c2ccc(C)cc2)c(C)nn1-c1ccc(C(=O)N2CCC3(CC2)OCCO3)cc1. The Morgan fingerprint density at radius 3 is 2.17 bits per heavy atom. The van der Waals surface area contributed by atoms with Crippen molar-refractivity contribution in [2.45, 2.75) is 39.4 Å². The second kappa shape index (κ2) is 9.28. The third-order valence-electron chi connectivity index (χ3n) is 6.68. The maximum absolute atomic E-state index is 13.1. The number of likely N-dealkylation sites (tertiary alicyclic amines) is 1. The van der Waals surface area contributed by atoms with Gasteiger partial charge in [0.15, 0.2) is 5.79 Å². The van der Waals surface area contributed by atoms with Gasteiger partial charge in [-0.05, 0) is 43.7 Å². The lowest BCUT2D eigenvalue weighted by molar-refractivity contribution is -0.181. The van der Waals surface area contributed by atoms with Gasteiger partial charge >= 0.3 is 0 Å². The van der Waals surface area contributed by atoms with Crippen molar-refractivity contribution in [3.05, 3.63) is 65.4 Å².